The van der Waals surface area contributed by atoms with Crippen molar-refractivity contribution >= 4 is 5.97 Å². The Morgan fingerprint density at radius 2 is 2.20 bits per heavy atom. The third-order valence-electron chi connectivity index (χ3n) is 3.90. The molecule has 3 heteroatoms. The largest absolute Gasteiger partial charge is 0.468 e. The third kappa shape index (κ3) is 1.89. The van der Waals surface area contributed by atoms with Crippen LogP contribution in [0.5, 0.6) is 0 Å². The SMILES string of the molecule is CCC1CCCC1(NC1CC1)C(=O)OC. The Hall–Kier alpha value is -0.570. The number of hydrogen-bond acceptors (Lipinski definition) is 3. The fraction of sp³-hybridized carbons (Fsp3) is 0.917. The zero-order valence-electron chi connectivity index (χ0n) is 9.71. The highest BCUT2D eigenvalue weighted by Gasteiger charge is 2.51. The van der Waals surface area contributed by atoms with Gasteiger partial charge in [-0.3, -0.25) is 10.1 Å². The number of hydrogen-bond donors (Lipinski definition) is 1. The van der Waals surface area contributed by atoms with Gasteiger partial charge in [-0.05, 0) is 31.6 Å². The van der Waals surface area contributed by atoms with Gasteiger partial charge >= 0.3 is 5.97 Å². The van der Waals surface area contributed by atoms with Crippen molar-refractivity contribution in [3.63, 3.8) is 0 Å². The van der Waals surface area contributed by atoms with Gasteiger partial charge in [0.2, 0.25) is 0 Å². The lowest BCUT2D eigenvalue weighted by Gasteiger charge is -2.33. The summed E-state index contributed by atoms with van der Waals surface area (Å²) in [6.07, 6.45) is 6.76. The Morgan fingerprint density at radius 3 is 2.73 bits per heavy atom. The molecule has 2 fully saturated rings. The topological polar surface area (TPSA) is 38.3 Å². The number of methoxy groups -OCH3 is 1. The molecule has 2 unspecified atom stereocenters. The molecular weight excluding hydrogens is 190 g/mol. The molecule has 2 saturated carbocycles. The maximum absolute atomic E-state index is 12.0. The predicted octanol–water partition coefficient (Wildman–Crippen LogP) is 1.86. The number of carbonyl (C=O) groups is 1. The second-order valence-corrected chi connectivity index (χ2v) is 4.88. The van der Waals surface area contributed by atoms with Crippen LogP contribution < -0.4 is 5.32 Å². The van der Waals surface area contributed by atoms with Gasteiger partial charge in [-0.25, -0.2) is 0 Å². The standard InChI is InChI=1S/C12H21NO2/c1-3-9-5-4-8-12(9,11(14)15-2)13-10-6-7-10/h9-10,13H,3-8H2,1-2H3. The minimum Gasteiger partial charge on any atom is -0.468 e. The zero-order chi connectivity index (χ0) is 10.9. The van der Waals surface area contributed by atoms with Crippen LogP contribution in [0.3, 0.4) is 0 Å². The van der Waals surface area contributed by atoms with Gasteiger partial charge in [-0.2, -0.15) is 0 Å². The van der Waals surface area contributed by atoms with Gasteiger partial charge in [0.25, 0.3) is 0 Å². The van der Waals surface area contributed by atoms with Crippen molar-refractivity contribution < 1.29 is 9.53 Å². The molecule has 0 bridgehead atoms. The molecule has 0 amide bonds. The van der Waals surface area contributed by atoms with Crippen LogP contribution in [0.2, 0.25) is 0 Å². The van der Waals surface area contributed by atoms with E-state index in [0.29, 0.717) is 12.0 Å². The van der Waals surface area contributed by atoms with Gasteiger partial charge in [0.1, 0.15) is 5.54 Å². The van der Waals surface area contributed by atoms with E-state index in [0.717, 1.165) is 25.7 Å². The van der Waals surface area contributed by atoms with Crippen LogP contribution in [0, 0.1) is 5.92 Å². The van der Waals surface area contributed by atoms with E-state index in [1.807, 2.05) is 0 Å². The van der Waals surface area contributed by atoms with E-state index >= 15 is 0 Å². The van der Waals surface area contributed by atoms with Crippen LogP contribution in [-0.4, -0.2) is 24.7 Å². The molecule has 2 rings (SSSR count). The average Bonchev–Trinajstić information content (AvgIpc) is 2.95. The Labute approximate surface area is 91.6 Å². The summed E-state index contributed by atoms with van der Waals surface area (Å²) >= 11 is 0. The lowest BCUT2D eigenvalue weighted by Crippen LogP contribution is -2.56. The normalized spacial score (nSPS) is 35.5. The molecule has 0 spiro atoms. The van der Waals surface area contributed by atoms with E-state index in [4.69, 9.17) is 4.74 Å². The summed E-state index contributed by atoms with van der Waals surface area (Å²) in [6.45, 7) is 2.17. The first-order valence-electron chi connectivity index (χ1n) is 6.09. The number of esters is 1. The summed E-state index contributed by atoms with van der Waals surface area (Å²) in [6, 6.07) is 0.566. The summed E-state index contributed by atoms with van der Waals surface area (Å²) in [5.74, 6) is 0.421. The van der Waals surface area contributed by atoms with E-state index in [1.54, 1.807) is 0 Å². The van der Waals surface area contributed by atoms with Crippen molar-refractivity contribution in [2.45, 2.75) is 57.0 Å². The summed E-state index contributed by atoms with van der Waals surface area (Å²) in [5, 5.41) is 3.54. The fourth-order valence-corrected chi connectivity index (χ4v) is 2.92. The van der Waals surface area contributed by atoms with E-state index in [2.05, 4.69) is 12.2 Å². The molecule has 0 aromatic rings. The maximum Gasteiger partial charge on any atom is 0.326 e. The summed E-state index contributed by atoms with van der Waals surface area (Å²) in [7, 11) is 1.50. The molecule has 0 radical (unpaired) electrons. The molecule has 1 N–H and O–H groups in total. The van der Waals surface area contributed by atoms with Crippen LogP contribution in [0.1, 0.15) is 45.4 Å². The summed E-state index contributed by atoms with van der Waals surface area (Å²) in [4.78, 5) is 12.0. The first kappa shape index (κ1) is 10.9. The second kappa shape index (κ2) is 4.12. The van der Waals surface area contributed by atoms with Crippen LogP contribution in [0.15, 0.2) is 0 Å². The van der Waals surface area contributed by atoms with Gasteiger partial charge in [0, 0.05) is 6.04 Å². The van der Waals surface area contributed by atoms with Gasteiger partial charge in [-0.15, -0.1) is 0 Å². The van der Waals surface area contributed by atoms with Crippen molar-refractivity contribution in [2.24, 2.45) is 5.92 Å². The Morgan fingerprint density at radius 1 is 1.47 bits per heavy atom. The highest BCUT2D eigenvalue weighted by atomic mass is 16.5. The maximum atomic E-state index is 12.0. The highest BCUT2D eigenvalue weighted by molar-refractivity contribution is 5.81. The lowest BCUT2D eigenvalue weighted by molar-refractivity contribution is -0.150. The molecule has 0 aromatic carbocycles. The number of ether oxygens (including phenoxy) is 1. The lowest BCUT2D eigenvalue weighted by atomic mass is 9.85. The molecule has 86 valence electrons. The molecular formula is C12H21NO2. The minimum atomic E-state index is -0.356. The van der Waals surface area contributed by atoms with Crippen molar-refractivity contribution in [2.75, 3.05) is 7.11 Å². The van der Waals surface area contributed by atoms with Crippen molar-refractivity contribution in [1.82, 2.24) is 5.32 Å². The van der Waals surface area contributed by atoms with E-state index in [9.17, 15) is 4.79 Å². The molecule has 2 aliphatic carbocycles. The molecule has 15 heavy (non-hydrogen) atoms. The average molecular weight is 211 g/mol. The highest BCUT2D eigenvalue weighted by Crippen LogP contribution is 2.41. The van der Waals surface area contributed by atoms with Crippen LogP contribution in [0.25, 0.3) is 0 Å². The van der Waals surface area contributed by atoms with Crippen molar-refractivity contribution in [1.29, 1.82) is 0 Å². The van der Waals surface area contributed by atoms with Gasteiger partial charge in [0.15, 0.2) is 0 Å². The second-order valence-electron chi connectivity index (χ2n) is 4.88. The number of nitrogens with one attached hydrogen (secondary N) is 1. The van der Waals surface area contributed by atoms with E-state index in [-0.39, 0.29) is 11.5 Å². The number of carbonyl (C=O) groups excluding carboxylic acids is 1. The predicted molar refractivity (Wildman–Crippen MR) is 58.5 cm³/mol. The van der Waals surface area contributed by atoms with Gasteiger partial charge in [-0.1, -0.05) is 19.8 Å². The molecule has 3 nitrogen and oxygen atoms in total. The van der Waals surface area contributed by atoms with Crippen molar-refractivity contribution in [3.05, 3.63) is 0 Å². The third-order valence-corrected chi connectivity index (χ3v) is 3.90. The Balaban J connectivity index is 2.15. The van der Waals surface area contributed by atoms with E-state index in [1.165, 1.54) is 20.0 Å². The van der Waals surface area contributed by atoms with Crippen LogP contribution >= 0.6 is 0 Å². The minimum absolute atomic E-state index is 0.0428. The van der Waals surface area contributed by atoms with Gasteiger partial charge < -0.3 is 4.74 Å². The molecule has 2 aliphatic rings. The molecule has 0 aromatic heterocycles. The summed E-state index contributed by atoms with van der Waals surface area (Å²) < 4.78 is 5.00. The monoisotopic (exact) mass is 211 g/mol. The first-order valence-corrected chi connectivity index (χ1v) is 6.09. The Bertz CT molecular complexity index is 250. The fourth-order valence-electron chi connectivity index (χ4n) is 2.92. The van der Waals surface area contributed by atoms with Crippen molar-refractivity contribution in [3.8, 4) is 0 Å². The van der Waals surface area contributed by atoms with Gasteiger partial charge in [0.05, 0.1) is 7.11 Å². The quantitative estimate of drug-likeness (QED) is 0.721. The number of rotatable bonds is 4. The molecule has 2 atom stereocenters. The van der Waals surface area contributed by atoms with E-state index < -0.39 is 0 Å². The zero-order valence-corrected chi connectivity index (χ0v) is 9.71. The Kier molecular flexibility index (Phi) is 3.01. The van der Waals surface area contributed by atoms with Crippen LogP contribution in [0.4, 0.5) is 0 Å². The first-order chi connectivity index (χ1) is 7.23. The molecule has 0 aliphatic heterocycles. The summed E-state index contributed by atoms with van der Waals surface area (Å²) in [5.41, 5.74) is -0.356. The molecule has 0 heterocycles. The smallest absolute Gasteiger partial charge is 0.326 e. The van der Waals surface area contributed by atoms with Crippen LogP contribution in [-0.2, 0) is 9.53 Å². The molecule has 0 saturated heterocycles.